The highest BCUT2D eigenvalue weighted by Gasteiger charge is 2.41. The molecule has 3 unspecified atom stereocenters. The van der Waals surface area contributed by atoms with Crippen molar-refractivity contribution in [2.45, 2.75) is 43.8 Å². The van der Waals surface area contributed by atoms with Gasteiger partial charge in [-0.05, 0) is 50.1 Å². The summed E-state index contributed by atoms with van der Waals surface area (Å²) >= 11 is 6.40. The van der Waals surface area contributed by atoms with Crippen LogP contribution in [-0.4, -0.2) is 41.7 Å². The van der Waals surface area contributed by atoms with E-state index in [9.17, 15) is 9.59 Å². The number of nitrogens with zero attached hydrogens (tertiary/aromatic N) is 1. The second-order valence-corrected chi connectivity index (χ2v) is 9.22. The summed E-state index contributed by atoms with van der Waals surface area (Å²) in [6.07, 6.45) is 0.515. The van der Waals surface area contributed by atoms with Crippen molar-refractivity contribution in [3.63, 3.8) is 0 Å². The van der Waals surface area contributed by atoms with Crippen molar-refractivity contribution in [3.8, 4) is 0 Å². The van der Waals surface area contributed by atoms with Crippen LogP contribution in [0, 0.1) is 0 Å². The molecule has 0 aliphatic rings. The minimum Gasteiger partial charge on any atom is -0.383 e. The average molecular weight is 475 g/mol. The molecule has 3 atom stereocenters. The number of imidazole rings is 1. The first-order valence-corrected chi connectivity index (χ1v) is 10.8. The van der Waals surface area contributed by atoms with E-state index in [1.807, 2.05) is 0 Å². The number of primary amides is 1. The number of rotatable bonds is 10. The lowest BCUT2D eigenvalue weighted by atomic mass is 9.80. The van der Waals surface area contributed by atoms with Gasteiger partial charge in [0.05, 0.1) is 29.1 Å². The number of nitrogens with two attached hydrogens (primary N) is 1. The molecule has 2 aromatic carbocycles. The fourth-order valence-electron chi connectivity index (χ4n) is 4.18. The Hall–Kier alpha value is -2.97. The van der Waals surface area contributed by atoms with Gasteiger partial charge in [0.1, 0.15) is 11.5 Å². The fourth-order valence-corrected chi connectivity index (χ4v) is 4.44. The molecule has 4 N–H and O–H groups in total. The summed E-state index contributed by atoms with van der Waals surface area (Å²) in [4.78, 5) is 31.4. The van der Waals surface area contributed by atoms with Crippen molar-refractivity contribution in [1.82, 2.24) is 15.3 Å². The Labute approximate surface area is 196 Å². The van der Waals surface area contributed by atoms with Gasteiger partial charge in [0, 0.05) is 18.1 Å². The molecule has 0 bridgehead atoms. The number of H-pyrrole nitrogens is 1. The Morgan fingerprint density at radius 3 is 2.58 bits per heavy atom. The number of halogens is 2. The van der Waals surface area contributed by atoms with Crippen LogP contribution in [0.1, 0.15) is 49.7 Å². The number of nitrogens with one attached hydrogen (secondary N) is 2. The van der Waals surface area contributed by atoms with E-state index < -0.39 is 29.0 Å². The standard InChI is InChI=1S/C24H28ClFN4O3/c1-23(2,26)19(15-7-5-6-8-16(15)25)20(28-13-31)21-29-17-10-9-14(11-18(17)30-21)24(3,12-33-4)22(27)32/h5-11,13,19-20H,12H2,1-4H3,(H2,27,32)(H,28,31)(H,29,30). The zero-order valence-electron chi connectivity index (χ0n) is 19.0. The van der Waals surface area contributed by atoms with Crippen LogP contribution >= 0.6 is 11.6 Å². The molecule has 33 heavy (non-hydrogen) atoms. The largest absolute Gasteiger partial charge is 0.383 e. The van der Waals surface area contributed by atoms with Crippen LogP contribution in [0.5, 0.6) is 0 Å². The number of hydrogen-bond acceptors (Lipinski definition) is 4. The number of carbonyl (C=O) groups is 2. The Bertz CT molecular complexity index is 1160. The number of fused-ring (bicyclic) bond motifs is 1. The van der Waals surface area contributed by atoms with Gasteiger partial charge in [-0.3, -0.25) is 9.59 Å². The number of ether oxygens (including phenoxy) is 1. The first kappa shape index (κ1) is 24.7. The van der Waals surface area contributed by atoms with Crippen LogP contribution in [0.25, 0.3) is 11.0 Å². The van der Waals surface area contributed by atoms with Gasteiger partial charge in [-0.25, -0.2) is 9.37 Å². The topological polar surface area (TPSA) is 110 Å². The molecule has 1 heterocycles. The molecule has 2 amide bonds. The Kier molecular flexibility index (Phi) is 7.09. The highest BCUT2D eigenvalue weighted by atomic mass is 35.5. The third-order valence-electron chi connectivity index (χ3n) is 5.97. The van der Waals surface area contributed by atoms with Crippen molar-refractivity contribution < 1.29 is 18.7 Å². The molecule has 0 saturated carbocycles. The van der Waals surface area contributed by atoms with Gasteiger partial charge in [0.2, 0.25) is 12.3 Å². The molecule has 7 nitrogen and oxygen atoms in total. The molecule has 0 fully saturated rings. The zero-order valence-corrected chi connectivity index (χ0v) is 19.7. The van der Waals surface area contributed by atoms with E-state index in [1.54, 1.807) is 49.4 Å². The van der Waals surface area contributed by atoms with E-state index in [4.69, 9.17) is 22.1 Å². The third kappa shape index (κ3) is 4.86. The maximum Gasteiger partial charge on any atom is 0.230 e. The monoisotopic (exact) mass is 474 g/mol. The summed E-state index contributed by atoms with van der Waals surface area (Å²) in [5, 5.41) is 3.10. The fraction of sp³-hybridized carbons (Fsp3) is 0.375. The summed E-state index contributed by atoms with van der Waals surface area (Å²) in [5.74, 6) is -1.000. The van der Waals surface area contributed by atoms with Crippen LogP contribution in [0.2, 0.25) is 5.02 Å². The molecule has 0 saturated heterocycles. The smallest absolute Gasteiger partial charge is 0.230 e. The van der Waals surface area contributed by atoms with Gasteiger partial charge in [-0.1, -0.05) is 35.9 Å². The van der Waals surface area contributed by atoms with Gasteiger partial charge in [-0.2, -0.15) is 0 Å². The molecule has 3 aromatic rings. The van der Waals surface area contributed by atoms with Crippen LogP contribution in [-0.2, 0) is 19.7 Å². The first-order valence-electron chi connectivity index (χ1n) is 10.4. The van der Waals surface area contributed by atoms with E-state index in [2.05, 4.69) is 15.3 Å². The number of amides is 2. The molecule has 3 rings (SSSR count). The minimum atomic E-state index is -1.75. The second kappa shape index (κ2) is 9.49. The lowest BCUT2D eigenvalue weighted by Gasteiger charge is -2.33. The third-order valence-corrected chi connectivity index (χ3v) is 6.31. The molecule has 0 spiro atoms. The highest BCUT2D eigenvalue weighted by molar-refractivity contribution is 6.31. The van der Waals surface area contributed by atoms with Crippen molar-refractivity contribution in [2.24, 2.45) is 5.73 Å². The summed E-state index contributed by atoms with van der Waals surface area (Å²) in [6, 6.07) is 11.4. The van der Waals surface area contributed by atoms with Gasteiger partial charge < -0.3 is 20.8 Å². The number of aromatic amines is 1. The zero-order chi connectivity index (χ0) is 24.4. The summed E-state index contributed by atoms with van der Waals surface area (Å²) in [5.41, 5.74) is 5.24. The minimum absolute atomic E-state index is 0.106. The summed E-state index contributed by atoms with van der Waals surface area (Å²) < 4.78 is 20.7. The van der Waals surface area contributed by atoms with Gasteiger partial charge >= 0.3 is 0 Å². The molecule has 0 radical (unpaired) electrons. The van der Waals surface area contributed by atoms with Crippen LogP contribution in [0.3, 0.4) is 0 Å². The molecular formula is C24H28ClFN4O3. The SMILES string of the molecule is COCC(C)(C(N)=O)c1ccc2nc(C(NC=O)C(c3ccccc3Cl)C(C)(C)F)[nH]c2c1. The van der Waals surface area contributed by atoms with Crippen molar-refractivity contribution in [3.05, 3.63) is 64.4 Å². The number of aromatic nitrogens is 2. The van der Waals surface area contributed by atoms with E-state index in [1.165, 1.54) is 21.0 Å². The van der Waals surface area contributed by atoms with Crippen molar-refractivity contribution >= 4 is 35.0 Å². The van der Waals surface area contributed by atoms with E-state index in [0.29, 0.717) is 39.4 Å². The number of hydrogen-bond donors (Lipinski definition) is 3. The Morgan fingerprint density at radius 2 is 2.00 bits per heavy atom. The molecule has 0 aliphatic carbocycles. The van der Waals surface area contributed by atoms with Gasteiger partial charge in [0.15, 0.2) is 0 Å². The lowest BCUT2D eigenvalue weighted by molar-refractivity contribution is -0.124. The summed E-state index contributed by atoms with van der Waals surface area (Å²) in [6.45, 7) is 4.68. The quantitative estimate of drug-likeness (QED) is 0.387. The van der Waals surface area contributed by atoms with Crippen LogP contribution < -0.4 is 11.1 Å². The Morgan fingerprint density at radius 1 is 1.30 bits per heavy atom. The predicted molar refractivity (Wildman–Crippen MR) is 126 cm³/mol. The molecule has 0 aliphatic heterocycles. The summed E-state index contributed by atoms with van der Waals surface area (Å²) in [7, 11) is 1.50. The average Bonchev–Trinajstić information content (AvgIpc) is 3.17. The van der Waals surface area contributed by atoms with Crippen molar-refractivity contribution in [2.75, 3.05) is 13.7 Å². The first-order chi connectivity index (χ1) is 15.5. The number of methoxy groups -OCH3 is 1. The number of benzene rings is 2. The maximum absolute atomic E-state index is 15.5. The highest BCUT2D eigenvalue weighted by Crippen LogP contribution is 2.43. The Balaban J connectivity index is 2.14. The maximum atomic E-state index is 15.5. The van der Waals surface area contributed by atoms with E-state index in [0.717, 1.165) is 0 Å². The van der Waals surface area contributed by atoms with E-state index in [-0.39, 0.29) is 6.61 Å². The van der Waals surface area contributed by atoms with Crippen molar-refractivity contribution in [1.29, 1.82) is 0 Å². The lowest BCUT2D eigenvalue weighted by Crippen LogP contribution is -2.42. The molecule has 1 aromatic heterocycles. The molecule has 9 heteroatoms. The predicted octanol–water partition coefficient (Wildman–Crippen LogP) is 3.92. The number of alkyl halides is 1. The van der Waals surface area contributed by atoms with Crippen LogP contribution in [0.4, 0.5) is 4.39 Å². The van der Waals surface area contributed by atoms with E-state index >= 15 is 4.39 Å². The van der Waals surface area contributed by atoms with Crippen LogP contribution in [0.15, 0.2) is 42.5 Å². The van der Waals surface area contributed by atoms with Gasteiger partial charge in [-0.15, -0.1) is 0 Å². The second-order valence-electron chi connectivity index (χ2n) is 8.81. The molecular weight excluding hydrogens is 447 g/mol. The number of carbonyl (C=O) groups excluding carboxylic acids is 2. The molecule has 176 valence electrons. The van der Waals surface area contributed by atoms with Gasteiger partial charge in [0.25, 0.3) is 0 Å². The normalized spacial score (nSPS) is 15.6.